The summed E-state index contributed by atoms with van der Waals surface area (Å²) < 4.78 is 4.92. The number of carbonyl (C=O) groups excluding carboxylic acids is 3. The summed E-state index contributed by atoms with van der Waals surface area (Å²) in [6.45, 7) is 0. The van der Waals surface area contributed by atoms with Crippen LogP contribution in [0.25, 0.3) is 0 Å². The summed E-state index contributed by atoms with van der Waals surface area (Å²) >= 11 is 0. The van der Waals surface area contributed by atoms with Crippen LogP contribution in [-0.2, 0) is 19.1 Å². The molecule has 1 aliphatic heterocycles. The van der Waals surface area contributed by atoms with E-state index in [9.17, 15) is 14.4 Å². The first-order chi connectivity index (χ1) is 11.1. The van der Waals surface area contributed by atoms with Crippen LogP contribution in [0.4, 0.5) is 5.69 Å². The fourth-order valence-electron chi connectivity index (χ4n) is 4.41. The van der Waals surface area contributed by atoms with Gasteiger partial charge in [-0.1, -0.05) is 30.4 Å². The molecule has 0 radical (unpaired) electrons. The molecular formula is C18H17NO4. The van der Waals surface area contributed by atoms with Crippen molar-refractivity contribution in [1.82, 2.24) is 0 Å². The van der Waals surface area contributed by atoms with Crippen LogP contribution in [0, 0.1) is 23.2 Å². The first kappa shape index (κ1) is 14.2. The molecule has 1 aromatic carbocycles. The number of nitrogens with zero attached hydrogens (tertiary/aromatic N) is 1. The zero-order chi connectivity index (χ0) is 16.2. The lowest BCUT2D eigenvalue weighted by atomic mass is 9.55. The molecular weight excluding hydrogens is 294 g/mol. The molecule has 0 unspecified atom stereocenters. The first-order valence-corrected chi connectivity index (χ1v) is 7.81. The maximum Gasteiger partial charge on any atom is 0.310 e. The van der Waals surface area contributed by atoms with E-state index in [1.165, 1.54) is 12.0 Å². The Labute approximate surface area is 133 Å². The molecule has 3 aliphatic carbocycles. The molecule has 0 aromatic heterocycles. The van der Waals surface area contributed by atoms with Crippen molar-refractivity contribution in [2.24, 2.45) is 23.2 Å². The number of imide groups is 1. The molecule has 118 valence electrons. The SMILES string of the molecule is COC(=O)[C@@H]1[C@H]2C(=O)N(c3ccccc3)C(=O)[C@]23C=C[C@H]1CC3. The van der Waals surface area contributed by atoms with Crippen LogP contribution < -0.4 is 4.90 Å². The quantitative estimate of drug-likeness (QED) is 0.476. The zero-order valence-electron chi connectivity index (χ0n) is 12.8. The number of ether oxygens (including phenoxy) is 1. The van der Waals surface area contributed by atoms with Gasteiger partial charge in [0.05, 0.1) is 30.0 Å². The molecule has 0 N–H and O–H groups in total. The van der Waals surface area contributed by atoms with Crippen molar-refractivity contribution >= 4 is 23.5 Å². The van der Waals surface area contributed by atoms with Gasteiger partial charge >= 0.3 is 5.97 Å². The third kappa shape index (κ3) is 1.70. The standard InChI is InChI=1S/C18H17NO4/c1-23-16(21)13-11-7-9-18(10-8-11)14(13)15(20)19(17(18)22)12-5-3-2-4-6-12/h2-7,9,11,13-14H,8,10H2,1H3/t11-,13-,14-,18-/m0/s1. The molecule has 5 rings (SSSR count). The minimum atomic E-state index is -0.888. The normalized spacial score (nSPS) is 34.7. The summed E-state index contributed by atoms with van der Waals surface area (Å²) in [7, 11) is 1.33. The molecule has 1 heterocycles. The lowest BCUT2D eigenvalue weighted by Crippen LogP contribution is -2.50. The molecule has 2 fully saturated rings. The van der Waals surface area contributed by atoms with Gasteiger partial charge in [-0.05, 0) is 30.9 Å². The fraction of sp³-hybridized carbons (Fsp3) is 0.389. The van der Waals surface area contributed by atoms with Gasteiger partial charge in [0.15, 0.2) is 0 Å². The number of allylic oxidation sites excluding steroid dienone is 1. The second-order valence-electron chi connectivity index (χ2n) is 6.44. The summed E-state index contributed by atoms with van der Waals surface area (Å²) in [5.41, 5.74) is -0.327. The first-order valence-electron chi connectivity index (χ1n) is 7.81. The fourth-order valence-corrected chi connectivity index (χ4v) is 4.41. The Balaban J connectivity index is 1.84. The van der Waals surface area contributed by atoms with E-state index >= 15 is 0 Å². The summed E-state index contributed by atoms with van der Waals surface area (Å²) in [6, 6.07) is 8.91. The van der Waals surface area contributed by atoms with Crippen LogP contribution in [0.15, 0.2) is 42.5 Å². The number of hydrogen-bond donors (Lipinski definition) is 0. The highest BCUT2D eigenvalue weighted by Gasteiger charge is 2.67. The highest BCUT2D eigenvalue weighted by molar-refractivity contribution is 6.25. The third-order valence-electron chi connectivity index (χ3n) is 5.48. The van der Waals surface area contributed by atoms with Crippen LogP contribution in [0.5, 0.6) is 0 Å². The van der Waals surface area contributed by atoms with Gasteiger partial charge in [-0.3, -0.25) is 14.4 Å². The molecule has 5 heteroatoms. The minimum Gasteiger partial charge on any atom is -0.469 e. The van der Waals surface area contributed by atoms with Crippen LogP contribution in [-0.4, -0.2) is 24.9 Å². The molecule has 4 aliphatic rings. The molecule has 23 heavy (non-hydrogen) atoms. The molecule has 4 atom stereocenters. The van der Waals surface area contributed by atoms with E-state index in [4.69, 9.17) is 4.74 Å². The number of methoxy groups -OCH3 is 1. The van der Waals surface area contributed by atoms with Crippen molar-refractivity contribution < 1.29 is 19.1 Å². The van der Waals surface area contributed by atoms with Gasteiger partial charge in [-0.25, -0.2) is 4.90 Å². The van der Waals surface area contributed by atoms with Gasteiger partial charge in [0.2, 0.25) is 11.8 Å². The second kappa shape index (κ2) is 4.78. The van der Waals surface area contributed by atoms with Gasteiger partial charge in [0.25, 0.3) is 0 Å². The second-order valence-corrected chi connectivity index (χ2v) is 6.44. The lowest BCUT2D eigenvalue weighted by molar-refractivity contribution is -0.157. The Morgan fingerprint density at radius 1 is 1.26 bits per heavy atom. The predicted molar refractivity (Wildman–Crippen MR) is 82.2 cm³/mol. The van der Waals surface area contributed by atoms with Crippen molar-refractivity contribution in [3.05, 3.63) is 42.5 Å². The van der Waals surface area contributed by atoms with Gasteiger partial charge in [-0.2, -0.15) is 0 Å². The van der Waals surface area contributed by atoms with E-state index in [-0.39, 0.29) is 17.7 Å². The molecule has 1 saturated carbocycles. The molecule has 1 saturated heterocycles. The van der Waals surface area contributed by atoms with Gasteiger partial charge in [0, 0.05) is 0 Å². The van der Waals surface area contributed by atoms with E-state index in [0.29, 0.717) is 12.1 Å². The smallest absolute Gasteiger partial charge is 0.310 e. The molecule has 2 bridgehead atoms. The number of para-hydroxylation sites is 1. The minimum absolute atomic E-state index is 0.0261. The lowest BCUT2D eigenvalue weighted by Gasteiger charge is -2.45. The number of esters is 1. The molecule has 2 amide bonds. The van der Waals surface area contributed by atoms with Crippen molar-refractivity contribution in [3.8, 4) is 0 Å². The Hall–Kier alpha value is -2.43. The van der Waals surface area contributed by atoms with E-state index in [1.807, 2.05) is 18.2 Å². The molecule has 5 nitrogen and oxygen atoms in total. The average molecular weight is 311 g/mol. The van der Waals surface area contributed by atoms with Gasteiger partial charge in [-0.15, -0.1) is 0 Å². The Morgan fingerprint density at radius 2 is 2.00 bits per heavy atom. The van der Waals surface area contributed by atoms with E-state index in [0.717, 1.165) is 6.42 Å². The summed E-state index contributed by atoms with van der Waals surface area (Å²) in [5, 5.41) is 0. The number of hydrogen-bond acceptors (Lipinski definition) is 4. The molecule has 1 aromatic rings. The zero-order valence-corrected chi connectivity index (χ0v) is 12.8. The molecule has 1 spiro atoms. The van der Waals surface area contributed by atoms with Crippen molar-refractivity contribution in [2.75, 3.05) is 12.0 Å². The number of benzene rings is 1. The topological polar surface area (TPSA) is 63.7 Å². The van der Waals surface area contributed by atoms with Gasteiger partial charge < -0.3 is 4.74 Å². The summed E-state index contributed by atoms with van der Waals surface area (Å²) in [6.07, 6.45) is 5.12. The Kier molecular flexibility index (Phi) is 2.95. The maximum absolute atomic E-state index is 13.1. The Morgan fingerprint density at radius 3 is 2.61 bits per heavy atom. The van der Waals surface area contributed by atoms with E-state index in [2.05, 4.69) is 0 Å². The van der Waals surface area contributed by atoms with Crippen molar-refractivity contribution in [3.63, 3.8) is 0 Å². The largest absolute Gasteiger partial charge is 0.469 e. The van der Waals surface area contributed by atoms with Gasteiger partial charge in [0.1, 0.15) is 0 Å². The Bertz CT molecular complexity index is 726. The highest BCUT2D eigenvalue weighted by Crippen LogP contribution is 2.58. The number of anilines is 1. The third-order valence-corrected chi connectivity index (χ3v) is 5.48. The number of amides is 2. The number of carbonyl (C=O) groups is 3. The van der Waals surface area contributed by atoms with Crippen LogP contribution in [0.1, 0.15) is 12.8 Å². The van der Waals surface area contributed by atoms with E-state index < -0.39 is 23.2 Å². The summed E-state index contributed by atoms with van der Waals surface area (Å²) in [4.78, 5) is 39.6. The van der Waals surface area contributed by atoms with E-state index in [1.54, 1.807) is 24.3 Å². The van der Waals surface area contributed by atoms with Crippen LogP contribution >= 0.6 is 0 Å². The highest BCUT2D eigenvalue weighted by atomic mass is 16.5. The predicted octanol–water partition coefficient (Wildman–Crippen LogP) is 1.93. The number of rotatable bonds is 2. The van der Waals surface area contributed by atoms with Crippen molar-refractivity contribution in [2.45, 2.75) is 12.8 Å². The van der Waals surface area contributed by atoms with Crippen LogP contribution in [0.3, 0.4) is 0 Å². The maximum atomic E-state index is 13.1. The summed E-state index contributed by atoms with van der Waals surface area (Å²) in [5.74, 6) is -2.14. The number of fused-ring (bicyclic) bond motifs is 1. The average Bonchev–Trinajstić information content (AvgIpc) is 2.83. The van der Waals surface area contributed by atoms with Crippen LogP contribution in [0.2, 0.25) is 0 Å². The monoisotopic (exact) mass is 311 g/mol. The van der Waals surface area contributed by atoms with Crippen molar-refractivity contribution in [1.29, 1.82) is 0 Å².